The fourth-order valence-electron chi connectivity index (χ4n) is 1.61. The van der Waals surface area contributed by atoms with Crippen LogP contribution in [0.4, 0.5) is 5.69 Å². The first-order valence-electron chi connectivity index (χ1n) is 6.12. The van der Waals surface area contributed by atoms with Gasteiger partial charge in [-0.2, -0.15) is 0 Å². The Morgan fingerprint density at radius 2 is 1.65 bits per heavy atom. The lowest BCUT2D eigenvalue weighted by Gasteiger charge is -2.09. The summed E-state index contributed by atoms with van der Waals surface area (Å²) in [5.74, 6) is 0.592. The van der Waals surface area contributed by atoms with E-state index >= 15 is 0 Å². The SMILES string of the molecule is NCCOc1ccc(S(=O)(=O)Nc2ccccc2)cc1. The average molecular weight is 292 g/mol. The van der Waals surface area contributed by atoms with Crippen molar-refractivity contribution >= 4 is 15.7 Å². The number of nitrogens with one attached hydrogen (secondary N) is 1. The van der Waals surface area contributed by atoms with Crippen LogP contribution in [0.1, 0.15) is 0 Å². The quantitative estimate of drug-likeness (QED) is 0.851. The molecule has 0 fully saturated rings. The van der Waals surface area contributed by atoms with Crippen molar-refractivity contribution in [2.24, 2.45) is 5.73 Å². The van der Waals surface area contributed by atoms with Crippen molar-refractivity contribution < 1.29 is 13.2 Å². The third kappa shape index (κ3) is 3.72. The van der Waals surface area contributed by atoms with E-state index in [0.717, 1.165) is 0 Å². The van der Waals surface area contributed by atoms with E-state index < -0.39 is 10.0 Å². The van der Waals surface area contributed by atoms with E-state index in [1.54, 1.807) is 36.4 Å². The van der Waals surface area contributed by atoms with E-state index in [9.17, 15) is 8.42 Å². The topological polar surface area (TPSA) is 81.4 Å². The molecule has 2 aromatic rings. The average Bonchev–Trinajstić information content (AvgIpc) is 2.46. The van der Waals surface area contributed by atoms with Crippen LogP contribution in [0.5, 0.6) is 5.75 Å². The van der Waals surface area contributed by atoms with Crippen LogP contribution in [0, 0.1) is 0 Å². The van der Waals surface area contributed by atoms with Crippen molar-refractivity contribution in [3.63, 3.8) is 0 Å². The second kappa shape index (κ2) is 6.40. The van der Waals surface area contributed by atoms with Crippen molar-refractivity contribution in [1.29, 1.82) is 0 Å². The largest absolute Gasteiger partial charge is 0.492 e. The molecule has 0 saturated carbocycles. The van der Waals surface area contributed by atoms with Crippen LogP contribution >= 0.6 is 0 Å². The Hall–Kier alpha value is -2.05. The monoisotopic (exact) mass is 292 g/mol. The zero-order valence-corrected chi connectivity index (χ0v) is 11.6. The maximum absolute atomic E-state index is 12.2. The third-order valence-electron chi connectivity index (χ3n) is 2.55. The van der Waals surface area contributed by atoms with Gasteiger partial charge in [0.25, 0.3) is 10.0 Å². The number of para-hydroxylation sites is 1. The highest BCUT2D eigenvalue weighted by Crippen LogP contribution is 2.19. The summed E-state index contributed by atoms with van der Waals surface area (Å²) in [4.78, 5) is 0.182. The lowest BCUT2D eigenvalue weighted by Crippen LogP contribution is -2.13. The minimum absolute atomic E-state index is 0.182. The molecule has 0 spiro atoms. The van der Waals surface area contributed by atoms with Crippen LogP contribution in [-0.4, -0.2) is 21.6 Å². The van der Waals surface area contributed by atoms with Gasteiger partial charge < -0.3 is 10.5 Å². The van der Waals surface area contributed by atoms with Crippen LogP contribution < -0.4 is 15.2 Å². The molecule has 0 amide bonds. The lowest BCUT2D eigenvalue weighted by atomic mass is 10.3. The van der Waals surface area contributed by atoms with E-state index in [1.807, 2.05) is 6.07 Å². The van der Waals surface area contributed by atoms with Gasteiger partial charge in [-0.15, -0.1) is 0 Å². The van der Waals surface area contributed by atoms with Gasteiger partial charge in [0.05, 0.1) is 4.90 Å². The summed E-state index contributed by atoms with van der Waals surface area (Å²) in [6.07, 6.45) is 0. The highest BCUT2D eigenvalue weighted by Gasteiger charge is 2.13. The van der Waals surface area contributed by atoms with Crippen LogP contribution in [-0.2, 0) is 10.0 Å². The van der Waals surface area contributed by atoms with Crippen LogP contribution in [0.2, 0.25) is 0 Å². The summed E-state index contributed by atoms with van der Waals surface area (Å²) in [5.41, 5.74) is 5.85. The smallest absolute Gasteiger partial charge is 0.261 e. The molecule has 0 atom stereocenters. The number of benzene rings is 2. The lowest BCUT2D eigenvalue weighted by molar-refractivity contribution is 0.328. The second-order valence-electron chi connectivity index (χ2n) is 4.08. The molecule has 0 aliphatic rings. The van der Waals surface area contributed by atoms with Crippen molar-refractivity contribution in [2.75, 3.05) is 17.9 Å². The molecule has 0 aliphatic heterocycles. The Kier molecular flexibility index (Phi) is 4.60. The summed E-state index contributed by atoms with van der Waals surface area (Å²) in [7, 11) is -3.58. The van der Waals surface area contributed by atoms with Crippen molar-refractivity contribution in [2.45, 2.75) is 4.90 Å². The summed E-state index contributed by atoms with van der Waals surface area (Å²) in [6.45, 7) is 0.809. The number of nitrogens with two attached hydrogens (primary N) is 1. The van der Waals surface area contributed by atoms with Crippen LogP contribution in [0.3, 0.4) is 0 Å². The number of rotatable bonds is 6. The molecule has 5 nitrogen and oxygen atoms in total. The van der Waals surface area contributed by atoms with Crippen LogP contribution in [0.25, 0.3) is 0 Å². The van der Waals surface area contributed by atoms with Gasteiger partial charge in [-0.1, -0.05) is 18.2 Å². The van der Waals surface area contributed by atoms with E-state index in [2.05, 4.69) is 4.72 Å². The minimum atomic E-state index is -3.58. The van der Waals surface area contributed by atoms with Gasteiger partial charge in [-0.25, -0.2) is 8.42 Å². The number of anilines is 1. The van der Waals surface area contributed by atoms with Crippen molar-refractivity contribution in [3.8, 4) is 5.75 Å². The molecule has 3 N–H and O–H groups in total. The first-order valence-corrected chi connectivity index (χ1v) is 7.61. The number of ether oxygens (including phenoxy) is 1. The molecule has 0 unspecified atom stereocenters. The predicted octanol–water partition coefficient (Wildman–Crippen LogP) is 1.82. The maximum atomic E-state index is 12.2. The fourth-order valence-corrected chi connectivity index (χ4v) is 2.67. The molecular weight excluding hydrogens is 276 g/mol. The maximum Gasteiger partial charge on any atom is 0.261 e. The molecule has 0 aromatic heterocycles. The van der Waals surface area contributed by atoms with E-state index in [0.29, 0.717) is 24.6 Å². The first kappa shape index (κ1) is 14.4. The minimum Gasteiger partial charge on any atom is -0.492 e. The van der Waals surface area contributed by atoms with Gasteiger partial charge in [0.1, 0.15) is 12.4 Å². The van der Waals surface area contributed by atoms with E-state index in [1.165, 1.54) is 12.1 Å². The van der Waals surface area contributed by atoms with Gasteiger partial charge in [0, 0.05) is 12.2 Å². The van der Waals surface area contributed by atoms with E-state index in [4.69, 9.17) is 10.5 Å². The number of sulfonamides is 1. The number of hydrogen-bond acceptors (Lipinski definition) is 4. The Labute approximate surface area is 118 Å². The van der Waals surface area contributed by atoms with Crippen molar-refractivity contribution in [3.05, 3.63) is 54.6 Å². The summed E-state index contributed by atoms with van der Waals surface area (Å²) < 4.78 is 32.1. The molecular formula is C14H16N2O3S. The number of hydrogen-bond donors (Lipinski definition) is 2. The third-order valence-corrected chi connectivity index (χ3v) is 3.94. The Morgan fingerprint density at radius 1 is 1.00 bits per heavy atom. The van der Waals surface area contributed by atoms with E-state index in [-0.39, 0.29) is 4.90 Å². The van der Waals surface area contributed by atoms with Gasteiger partial charge >= 0.3 is 0 Å². The van der Waals surface area contributed by atoms with Crippen molar-refractivity contribution in [1.82, 2.24) is 0 Å². The summed E-state index contributed by atoms with van der Waals surface area (Å²) in [5, 5.41) is 0. The Balaban J connectivity index is 2.13. The predicted molar refractivity (Wildman–Crippen MR) is 78.2 cm³/mol. The molecule has 0 heterocycles. The van der Waals surface area contributed by atoms with Gasteiger partial charge in [0.15, 0.2) is 0 Å². The fraction of sp³-hybridized carbons (Fsp3) is 0.143. The molecule has 0 bridgehead atoms. The van der Waals surface area contributed by atoms with Crippen LogP contribution in [0.15, 0.2) is 59.5 Å². The molecule has 0 saturated heterocycles. The Bertz CT molecular complexity index is 640. The molecule has 20 heavy (non-hydrogen) atoms. The summed E-state index contributed by atoms with van der Waals surface area (Å²) in [6, 6.07) is 14.9. The Morgan fingerprint density at radius 3 is 2.25 bits per heavy atom. The van der Waals surface area contributed by atoms with Gasteiger partial charge in [0.2, 0.25) is 0 Å². The molecule has 2 aromatic carbocycles. The highest BCUT2D eigenvalue weighted by molar-refractivity contribution is 7.92. The molecule has 106 valence electrons. The molecule has 0 aliphatic carbocycles. The zero-order chi connectivity index (χ0) is 14.4. The highest BCUT2D eigenvalue weighted by atomic mass is 32.2. The molecule has 0 radical (unpaired) electrons. The summed E-state index contributed by atoms with van der Waals surface area (Å²) >= 11 is 0. The van der Waals surface area contributed by atoms with Gasteiger partial charge in [-0.05, 0) is 36.4 Å². The second-order valence-corrected chi connectivity index (χ2v) is 5.76. The van der Waals surface area contributed by atoms with Gasteiger partial charge in [-0.3, -0.25) is 4.72 Å². The zero-order valence-electron chi connectivity index (χ0n) is 10.8. The molecule has 6 heteroatoms. The standard InChI is InChI=1S/C14H16N2O3S/c15-10-11-19-13-6-8-14(9-7-13)20(17,18)16-12-4-2-1-3-5-12/h1-9,16H,10-11,15H2. The molecule has 2 rings (SSSR count). The normalized spacial score (nSPS) is 11.1. The first-order chi connectivity index (χ1) is 9.62.